The number of pyridine rings is 1. The van der Waals surface area contributed by atoms with Gasteiger partial charge in [-0.05, 0) is 85.7 Å². The summed E-state index contributed by atoms with van der Waals surface area (Å²) in [5, 5.41) is 17.1. The summed E-state index contributed by atoms with van der Waals surface area (Å²) in [4.78, 5) is 23.2. The monoisotopic (exact) mass is 497 g/mol. The van der Waals surface area contributed by atoms with Crippen LogP contribution in [0, 0.1) is 5.82 Å². The van der Waals surface area contributed by atoms with E-state index in [0.29, 0.717) is 12.1 Å². The Kier molecular flexibility index (Phi) is 6.26. The lowest BCUT2D eigenvalue weighted by Crippen LogP contribution is -2.31. The average molecular weight is 498 g/mol. The van der Waals surface area contributed by atoms with E-state index in [1.807, 2.05) is 12.1 Å². The Morgan fingerprint density at radius 2 is 1.86 bits per heavy atom. The molecule has 1 saturated heterocycles. The molecule has 0 amide bonds. The molecule has 7 nitrogen and oxygen atoms in total. The highest BCUT2D eigenvalue weighted by atomic mass is 19.1. The fraction of sp³-hybridized carbons (Fsp3) is 0.310. The predicted molar refractivity (Wildman–Crippen MR) is 137 cm³/mol. The van der Waals surface area contributed by atoms with Gasteiger partial charge >= 0.3 is 5.97 Å². The van der Waals surface area contributed by atoms with Crippen molar-refractivity contribution in [1.82, 2.24) is 25.1 Å². The number of carboxylic acids is 1. The van der Waals surface area contributed by atoms with E-state index >= 15 is 0 Å². The van der Waals surface area contributed by atoms with Gasteiger partial charge in [0.25, 0.3) is 0 Å². The quantitative estimate of drug-likeness (QED) is 0.365. The van der Waals surface area contributed by atoms with Crippen molar-refractivity contribution >= 4 is 5.97 Å². The Balaban J connectivity index is 1.27. The Hall–Kier alpha value is -3.91. The van der Waals surface area contributed by atoms with Crippen LogP contribution in [-0.4, -0.2) is 42.7 Å². The molecule has 2 atom stereocenters. The van der Waals surface area contributed by atoms with Gasteiger partial charge in [0.2, 0.25) is 0 Å². The number of H-pyrrole nitrogens is 1. The largest absolute Gasteiger partial charge is 0.477 e. The maximum Gasteiger partial charge on any atom is 0.354 e. The minimum Gasteiger partial charge on any atom is -0.477 e. The van der Waals surface area contributed by atoms with Crippen LogP contribution in [0.25, 0.3) is 11.3 Å². The standard InChI is InChI=1S/C29H28FN5O2/c30-21-13-9-18(10-14-21)16-27-32-28(34-33-27)26-8-3-15-35(26)25-7-1-4-19-11-12-20(17-22(19)25)23-5-2-6-24(31-23)29(36)37/h2,5-6,9-14,17,25-26H,1,3-4,7-8,15-16H2,(H,36,37)(H,32,33,34)/t25-,26-/m1/s1. The third-order valence-corrected chi connectivity index (χ3v) is 7.52. The highest BCUT2D eigenvalue weighted by Gasteiger charge is 2.37. The van der Waals surface area contributed by atoms with E-state index < -0.39 is 5.97 Å². The molecule has 2 aromatic heterocycles. The lowest BCUT2D eigenvalue weighted by molar-refractivity contribution is 0.0690. The first-order valence-corrected chi connectivity index (χ1v) is 12.8. The summed E-state index contributed by atoms with van der Waals surface area (Å²) < 4.78 is 13.3. The number of likely N-dealkylation sites (tertiary alicyclic amines) is 1. The third-order valence-electron chi connectivity index (χ3n) is 7.52. The van der Waals surface area contributed by atoms with E-state index in [9.17, 15) is 14.3 Å². The maximum absolute atomic E-state index is 13.3. The van der Waals surface area contributed by atoms with Gasteiger partial charge in [-0.15, -0.1) is 0 Å². The first-order chi connectivity index (χ1) is 18.0. The van der Waals surface area contributed by atoms with E-state index in [2.05, 4.69) is 32.2 Å². The molecule has 1 fully saturated rings. The van der Waals surface area contributed by atoms with E-state index in [0.717, 1.165) is 61.4 Å². The second-order valence-corrected chi connectivity index (χ2v) is 9.87. The minimum absolute atomic E-state index is 0.0485. The van der Waals surface area contributed by atoms with Gasteiger partial charge in [-0.1, -0.05) is 30.3 Å². The van der Waals surface area contributed by atoms with Crippen LogP contribution in [0.1, 0.15) is 76.6 Å². The van der Waals surface area contributed by atoms with Crippen LogP contribution in [0.3, 0.4) is 0 Å². The number of fused-ring (bicyclic) bond motifs is 1. The van der Waals surface area contributed by atoms with Crippen molar-refractivity contribution in [2.75, 3.05) is 6.54 Å². The Labute approximate surface area is 214 Å². The topological polar surface area (TPSA) is 95.0 Å². The van der Waals surface area contributed by atoms with Crippen molar-refractivity contribution in [2.45, 2.75) is 50.6 Å². The van der Waals surface area contributed by atoms with Crippen LogP contribution in [0.15, 0.2) is 60.7 Å². The minimum atomic E-state index is -1.03. The lowest BCUT2D eigenvalue weighted by Gasteiger charge is -2.36. The van der Waals surface area contributed by atoms with Crippen LogP contribution >= 0.6 is 0 Å². The molecule has 1 aliphatic heterocycles. The number of aromatic nitrogens is 4. The van der Waals surface area contributed by atoms with Gasteiger partial charge in [0.15, 0.2) is 5.82 Å². The van der Waals surface area contributed by atoms with E-state index in [1.54, 1.807) is 18.2 Å². The number of hydrogen-bond acceptors (Lipinski definition) is 5. The number of nitrogens with zero attached hydrogens (tertiary/aromatic N) is 4. The molecule has 188 valence electrons. The molecule has 3 heterocycles. The van der Waals surface area contributed by atoms with Crippen LogP contribution in [0.2, 0.25) is 0 Å². The van der Waals surface area contributed by atoms with Crippen LogP contribution < -0.4 is 0 Å². The molecule has 0 radical (unpaired) electrons. The second-order valence-electron chi connectivity index (χ2n) is 9.87. The zero-order valence-corrected chi connectivity index (χ0v) is 20.4. The Morgan fingerprint density at radius 1 is 1.03 bits per heavy atom. The van der Waals surface area contributed by atoms with Crippen LogP contribution in [-0.2, 0) is 12.8 Å². The zero-order chi connectivity index (χ0) is 25.4. The van der Waals surface area contributed by atoms with Crippen molar-refractivity contribution < 1.29 is 14.3 Å². The number of carboxylic acid groups (broad SMARTS) is 1. The fourth-order valence-electron chi connectivity index (χ4n) is 5.77. The molecule has 0 bridgehead atoms. The van der Waals surface area contributed by atoms with Crippen molar-refractivity contribution in [3.05, 3.63) is 101 Å². The molecule has 2 aliphatic rings. The fourth-order valence-corrected chi connectivity index (χ4v) is 5.77. The zero-order valence-electron chi connectivity index (χ0n) is 20.4. The number of aromatic amines is 1. The van der Waals surface area contributed by atoms with Gasteiger partial charge in [0, 0.05) is 18.0 Å². The number of rotatable bonds is 6. The van der Waals surface area contributed by atoms with Crippen LogP contribution in [0.5, 0.6) is 0 Å². The molecule has 2 aromatic carbocycles. The first-order valence-electron chi connectivity index (χ1n) is 12.8. The van der Waals surface area contributed by atoms with E-state index in [4.69, 9.17) is 4.98 Å². The molecule has 1 aliphatic carbocycles. The molecular weight excluding hydrogens is 469 g/mol. The molecule has 0 saturated carbocycles. The highest BCUT2D eigenvalue weighted by Crippen LogP contribution is 2.43. The molecule has 0 spiro atoms. The SMILES string of the molecule is O=C(O)c1cccc(-c2ccc3c(c2)[C@H](N2CCC[C@@H]2c2n[nH]c(Cc4ccc(F)cc4)n2)CCC3)n1. The van der Waals surface area contributed by atoms with Crippen molar-refractivity contribution in [1.29, 1.82) is 0 Å². The van der Waals surface area contributed by atoms with E-state index in [-0.39, 0.29) is 23.6 Å². The summed E-state index contributed by atoms with van der Waals surface area (Å²) in [6, 6.07) is 18.4. The maximum atomic E-state index is 13.3. The molecule has 2 N–H and O–H groups in total. The highest BCUT2D eigenvalue weighted by molar-refractivity contribution is 5.86. The van der Waals surface area contributed by atoms with Gasteiger partial charge < -0.3 is 5.11 Å². The Morgan fingerprint density at radius 3 is 2.70 bits per heavy atom. The molecule has 4 aromatic rings. The normalized spacial score (nSPS) is 19.6. The lowest BCUT2D eigenvalue weighted by atomic mass is 9.85. The molecule has 0 unspecified atom stereocenters. The summed E-state index contributed by atoms with van der Waals surface area (Å²) in [6.07, 6.45) is 5.88. The van der Waals surface area contributed by atoms with Crippen LogP contribution in [0.4, 0.5) is 4.39 Å². The Bertz CT molecular complexity index is 1430. The van der Waals surface area contributed by atoms with Gasteiger partial charge in [-0.2, -0.15) is 5.10 Å². The number of carbonyl (C=O) groups is 1. The van der Waals surface area contributed by atoms with Gasteiger partial charge in [0.05, 0.1) is 11.7 Å². The number of hydrogen-bond donors (Lipinski definition) is 2. The first kappa shape index (κ1) is 23.5. The number of aromatic carboxylic acids is 1. The molecule has 6 rings (SSSR count). The smallest absolute Gasteiger partial charge is 0.354 e. The summed E-state index contributed by atoms with van der Waals surface area (Å²) in [6.45, 7) is 0.980. The number of benzene rings is 2. The van der Waals surface area contributed by atoms with Gasteiger partial charge in [-0.3, -0.25) is 10.00 Å². The average Bonchev–Trinajstić information content (AvgIpc) is 3.59. The predicted octanol–water partition coefficient (Wildman–Crippen LogP) is 5.51. The number of nitrogens with one attached hydrogen (secondary N) is 1. The third kappa shape index (κ3) is 4.76. The summed E-state index contributed by atoms with van der Waals surface area (Å²) in [7, 11) is 0. The van der Waals surface area contributed by atoms with Crippen molar-refractivity contribution in [3.63, 3.8) is 0 Å². The van der Waals surface area contributed by atoms with E-state index in [1.165, 1.54) is 29.3 Å². The molecular formula is C29H28FN5O2. The summed E-state index contributed by atoms with van der Waals surface area (Å²) in [5.74, 6) is 0.325. The summed E-state index contributed by atoms with van der Waals surface area (Å²) in [5.41, 5.74) is 5.27. The number of aryl methyl sites for hydroxylation is 1. The summed E-state index contributed by atoms with van der Waals surface area (Å²) >= 11 is 0. The van der Waals surface area contributed by atoms with Crippen molar-refractivity contribution in [2.24, 2.45) is 0 Å². The molecule has 8 heteroatoms. The second kappa shape index (κ2) is 9.86. The van der Waals surface area contributed by atoms with Gasteiger partial charge in [-0.25, -0.2) is 19.2 Å². The van der Waals surface area contributed by atoms with Gasteiger partial charge in [0.1, 0.15) is 17.3 Å². The number of halogens is 1. The van der Waals surface area contributed by atoms with Crippen molar-refractivity contribution in [3.8, 4) is 11.3 Å². The molecule has 37 heavy (non-hydrogen) atoms.